The molecular weight excluding hydrogens is 510 g/mol. The highest BCUT2D eigenvalue weighted by Crippen LogP contribution is 2.43. The van der Waals surface area contributed by atoms with Gasteiger partial charge in [0.2, 0.25) is 5.95 Å². The average Bonchev–Trinajstić information content (AvgIpc) is 3.39. The number of nitrogens with zero attached hydrogens (tertiary/aromatic N) is 3. The van der Waals surface area contributed by atoms with Gasteiger partial charge in [-0.3, -0.25) is 9.78 Å². The highest BCUT2D eigenvalue weighted by atomic mass is 16.5. The number of fused-ring (bicyclic) bond motifs is 1. The van der Waals surface area contributed by atoms with Crippen LogP contribution in [0.5, 0.6) is 11.5 Å². The number of nitrogens with two attached hydrogens (primary N) is 1. The number of benzene rings is 3. The van der Waals surface area contributed by atoms with Crippen molar-refractivity contribution in [3.63, 3.8) is 0 Å². The maximum absolute atomic E-state index is 12.2. The largest absolute Gasteiger partial charge is 0.497 e. The number of H-pyrrole nitrogens is 1. The highest BCUT2D eigenvalue weighted by Gasteiger charge is 2.40. The number of ether oxygens (including phenoxy) is 3. The molecule has 2 aromatic heterocycles. The standard InChI is InChI=1S/C30H31N5O5/c1-19(25(36)17-35-18-32-26-27(35)33-29(31)34-28(26)37)40-30(20-7-5-4-6-8-20,21-9-13-23(38-2)14-10-21)22-11-15-24(39-3)16-12-22/h4-16,18-19,25,36H,17H2,1-3H3,(H3,31,33,34,37)/t19?,25-/m0/s1. The Morgan fingerprint density at radius 1 is 0.925 bits per heavy atom. The van der Waals surface area contributed by atoms with Crippen LogP contribution in [0.3, 0.4) is 0 Å². The van der Waals surface area contributed by atoms with Crippen LogP contribution in [0.25, 0.3) is 11.2 Å². The van der Waals surface area contributed by atoms with E-state index in [2.05, 4.69) is 15.0 Å². The second-order valence-electron chi connectivity index (χ2n) is 9.41. The minimum absolute atomic E-state index is 0.0276. The van der Waals surface area contributed by atoms with Crippen molar-refractivity contribution in [2.24, 2.45) is 0 Å². The molecule has 0 fully saturated rings. The number of aromatic nitrogens is 4. The van der Waals surface area contributed by atoms with Crippen LogP contribution in [0.1, 0.15) is 23.6 Å². The maximum atomic E-state index is 12.2. The van der Waals surface area contributed by atoms with E-state index in [0.717, 1.165) is 16.7 Å². The summed E-state index contributed by atoms with van der Waals surface area (Å²) in [6.45, 7) is 1.88. The van der Waals surface area contributed by atoms with Crippen molar-refractivity contribution >= 4 is 17.1 Å². The van der Waals surface area contributed by atoms with Gasteiger partial charge in [0.25, 0.3) is 5.56 Å². The van der Waals surface area contributed by atoms with Crippen molar-refractivity contribution in [1.29, 1.82) is 0 Å². The van der Waals surface area contributed by atoms with Crippen molar-refractivity contribution in [2.45, 2.75) is 31.3 Å². The second kappa shape index (κ2) is 11.2. The van der Waals surface area contributed by atoms with Gasteiger partial charge in [0, 0.05) is 0 Å². The normalized spacial score (nSPS) is 13.2. The maximum Gasteiger partial charge on any atom is 0.280 e. The van der Waals surface area contributed by atoms with Crippen LogP contribution in [-0.2, 0) is 16.9 Å². The molecule has 1 unspecified atom stereocenters. The van der Waals surface area contributed by atoms with Crippen molar-refractivity contribution in [2.75, 3.05) is 20.0 Å². The number of imidazole rings is 1. The van der Waals surface area contributed by atoms with Gasteiger partial charge in [0.1, 0.15) is 17.1 Å². The topological polar surface area (TPSA) is 138 Å². The number of anilines is 1. The fourth-order valence-electron chi connectivity index (χ4n) is 4.84. The molecule has 40 heavy (non-hydrogen) atoms. The number of rotatable bonds is 10. The first-order valence-corrected chi connectivity index (χ1v) is 12.8. The minimum Gasteiger partial charge on any atom is -0.497 e. The highest BCUT2D eigenvalue weighted by molar-refractivity contribution is 5.70. The first-order valence-electron chi connectivity index (χ1n) is 12.8. The van der Waals surface area contributed by atoms with Crippen LogP contribution >= 0.6 is 0 Å². The van der Waals surface area contributed by atoms with Gasteiger partial charge in [-0.1, -0.05) is 54.6 Å². The molecule has 0 saturated heterocycles. The van der Waals surface area contributed by atoms with Gasteiger partial charge in [-0.05, 0) is 47.9 Å². The molecule has 0 spiro atoms. The summed E-state index contributed by atoms with van der Waals surface area (Å²) >= 11 is 0. The van der Waals surface area contributed by atoms with E-state index < -0.39 is 23.4 Å². The number of nitrogen functional groups attached to an aromatic ring is 1. The van der Waals surface area contributed by atoms with Crippen molar-refractivity contribution in [3.8, 4) is 11.5 Å². The Kier molecular flexibility index (Phi) is 7.54. The molecule has 5 aromatic rings. The number of hydrogen-bond donors (Lipinski definition) is 3. The van der Waals surface area contributed by atoms with Crippen LogP contribution in [-0.4, -0.2) is 51.1 Å². The van der Waals surface area contributed by atoms with E-state index in [1.54, 1.807) is 18.8 Å². The molecule has 5 rings (SSSR count). The van der Waals surface area contributed by atoms with Crippen molar-refractivity contribution < 1.29 is 19.3 Å². The number of aliphatic hydroxyl groups is 1. The molecule has 10 heteroatoms. The number of aromatic amines is 1. The van der Waals surface area contributed by atoms with Gasteiger partial charge in [-0.15, -0.1) is 0 Å². The van der Waals surface area contributed by atoms with E-state index in [1.807, 2.05) is 85.8 Å². The van der Waals surface area contributed by atoms with Crippen LogP contribution in [0.2, 0.25) is 0 Å². The summed E-state index contributed by atoms with van der Waals surface area (Å²) in [6, 6.07) is 25.2. The lowest BCUT2D eigenvalue weighted by Crippen LogP contribution is -2.41. The van der Waals surface area contributed by atoms with E-state index in [-0.39, 0.29) is 23.7 Å². The first-order chi connectivity index (χ1) is 19.3. The molecule has 2 atom stereocenters. The molecular formula is C30H31N5O5. The number of hydrogen-bond acceptors (Lipinski definition) is 8. The summed E-state index contributed by atoms with van der Waals surface area (Å²) in [4.78, 5) is 23.0. The molecule has 2 heterocycles. The van der Waals surface area contributed by atoms with Crippen LogP contribution < -0.4 is 20.8 Å². The van der Waals surface area contributed by atoms with E-state index >= 15 is 0 Å². The SMILES string of the molecule is COc1ccc(C(OC(C)[C@@H](O)Cn2cnc3c(=O)[nH]c(N)nc32)(c2ccccc2)c2ccc(OC)cc2)cc1. The Labute approximate surface area is 231 Å². The Hall–Kier alpha value is -4.67. The third kappa shape index (κ3) is 5.02. The van der Waals surface area contributed by atoms with E-state index in [0.29, 0.717) is 11.5 Å². The zero-order chi connectivity index (χ0) is 28.3. The lowest BCUT2D eigenvalue weighted by atomic mass is 9.79. The summed E-state index contributed by atoms with van der Waals surface area (Å²) in [5, 5.41) is 11.4. The Morgan fingerprint density at radius 3 is 2.02 bits per heavy atom. The van der Waals surface area contributed by atoms with Gasteiger partial charge in [-0.25, -0.2) is 4.98 Å². The molecule has 0 aliphatic heterocycles. The quantitative estimate of drug-likeness (QED) is 0.229. The van der Waals surface area contributed by atoms with Crippen LogP contribution in [0.15, 0.2) is 90.0 Å². The molecule has 0 bridgehead atoms. The van der Waals surface area contributed by atoms with E-state index in [4.69, 9.17) is 19.9 Å². The lowest BCUT2D eigenvalue weighted by Gasteiger charge is -2.39. The number of methoxy groups -OCH3 is 2. The molecule has 0 aliphatic carbocycles. The average molecular weight is 542 g/mol. The molecule has 10 nitrogen and oxygen atoms in total. The molecule has 4 N–H and O–H groups in total. The van der Waals surface area contributed by atoms with E-state index in [1.165, 1.54) is 6.33 Å². The predicted octanol–water partition coefficient (Wildman–Crippen LogP) is 3.48. The molecule has 0 saturated carbocycles. The summed E-state index contributed by atoms with van der Waals surface area (Å²) in [5.74, 6) is 1.39. The summed E-state index contributed by atoms with van der Waals surface area (Å²) in [6.07, 6.45) is -0.236. The molecule has 0 radical (unpaired) electrons. The Bertz CT molecular complexity index is 1580. The zero-order valence-electron chi connectivity index (χ0n) is 22.4. The summed E-state index contributed by atoms with van der Waals surface area (Å²) in [7, 11) is 3.24. The molecule has 3 aromatic carbocycles. The lowest BCUT2D eigenvalue weighted by molar-refractivity contribution is -0.0967. The fourth-order valence-corrected chi connectivity index (χ4v) is 4.84. The smallest absolute Gasteiger partial charge is 0.280 e. The molecule has 0 amide bonds. The van der Waals surface area contributed by atoms with Gasteiger partial charge < -0.3 is 29.6 Å². The minimum atomic E-state index is -1.10. The van der Waals surface area contributed by atoms with Gasteiger partial charge in [0.15, 0.2) is 11.2 Å². The van der Waals surface area contributed by atoms with Gasteiger partial charge in [0.05, 0.1) is 39.3 Å². The molecule has 206 valence electrons. The number of nitrogens with one attached hydrogen (secondary N) is 1. The Balaban J connectivity index is 1.58. The van der Waals surface area contributed by atoms with Crippen LogP contribution in [0.4, 0.5) is 5.95 Å². The second-order valence-corrected chi connectivity index (χ2v) is 9.41. The number of aliphatic hydroxyl groups excluding tert-OH is 1. The van der Waals surface area contributed by atoms with Crippen molar-refractivity contribution in [1.82, 2.24) is 19.5 Å². The third-order valence-electron chi connectivity index (χ3n) is 6.95. The predicted molar refractivity (Wildman–Crippen MR) is 151 cm³/mol. The first kappa shape index (κ1) is 26.9. The van der Waals surface area contributed by atoms with E-state index in [9.17, 15) is 9.90 Å². The summed E-state index contributed by atoms with van der Waals surface area (Å²) < 4.78 is 19.3. The molecule has 0 aliphatic rings. The fraction of sp³-hybridized carbons (Fsp3) is 0.233. The Morgan fingerprint density at radius 2 is 1.48 bits per heavy atom. The van der Waals surface area contributed by atoms with Gasteiger partial charge in [-0.2, -0.15) is 4.98 Å². The van der Waals surface area contributed by atoms with Crippen LogP contribution in [0, 0.1) is 0 Å². The summed E-state index contributed by atoms with van der Waals surface area (Å²) in [5.41, 5.74) is 7.20. The van der Waals surface area contributed by atoms with Gasteiger partial charge >= 0.3 is 0 Å². The monoisotopic (exact) mass is 541 g/mol. The zero-order valence-corrected chi connectivity index (χ0v) is 22.4. The van der Waals surface area contributed by atoms with Crippen molar-refractivity contribution in [3.05, 3.63) is 112 Å². The third-order valence-corrected chi connectivity index (χ3v) is 6.95.